The predicted octanol–water partition coefficient (Wildman–Crippen LogP) is 4.06. The average Bonchev–Trinajstić information content (AvgIpc) is 3.26. The third kappa shape index (κ3) is 4.73. The molecule has 2 aliphatic carbocycles. The van der Waals surface area contributed by atoms with Crippen LogP contribution in [0.5, 0.6) is 0 Å². The van der Waals surface area contributed by atoms with Crippen molar-refractivity contribution in [3.05, 3.63) is 0 Å². The second kappa shape index (κ2) is 7.79. The van der Waals surface area contributed by atoms with Crippen molar-refractivity contribution in [1.29, 1.82) is 0 Å². The molecule has 0 amide bonds. The summed E-state index contributed by atoms with van der Waals surface area (Å²) in [6.45, 7) is 12.1. The maximum Gasteiger partial charge on any atom is 0.00966 e. The molecular formula is C18H36N2. The van der Waals surface area contributed by atoms with Gasteiger partial charge in [-0.3, -0.25) is 4.90 Å². The summed E-state index contributed by atoms with van der Waals surface area (Å²) in [5.74, 6) is 0.926. The van der Waals surface area contributed by atoms with Crippen LogP contribution in [-0.2, 0) is 0 Å². The molecule has 1 N–H and O–H groups in total. The minimum absolute atomic E-state index is 0.560. The topological polar surface area (TPSA) is 15.3 Å². The van der Waals surface area contributed by atoms with Gasteiger partial charge in [-0.05, 0) is 56.5 Å². The lowest BCUT2D eigenvalue weighted by Crippen LogP contribution is -2.47. The number of rotatable bonds is 9. The van der Waals surface area contributed by atoms with Gasteiger partial charge in [-0.15, -0.1) is 0 Å². The first-order valence-corrected chi connectivity index (χ1v) is 9.14. The SMILES string of the molecule is CCCCN(CC1(CNCC)CCCC(C)C1)C1CC1. The van der Waals surface area contributed by atoms with Gasteiger partial charge in [0, 0.05) is 19.1 Å². The molecule has 2 atom stereocenters. The summed E-state index contributed by atoms with van der Waals surface area (Å²) in [7, 11) is 0. The van der Waals surface area contributed by atoms with Crippen molar-refractivity contribution in [1.82, 2.24) is 10.2 Å². The van der Waals surface area contributed by atoms with E-state index in [-0.39, 0.29) is 0 Å². The summed E-state index contributed by atoms with van der Waals surface area (Å²) >= 11 is 0. The Morgan fingerprint density at radius 1 is 1.20 bits per heavy atom. The van der Waals surface area contributed by atoms with Gasteiger partial charge in [0.1, 0.15) is 0 Å². The third-order valence-corrected chi connectivity index (χ3v) is 5.34. The van der Waals surface area contributed by atoms with E-state index in [0.29, 0.717) is 5.41 Å². The largest absolute Gasteiger partial charge is 0.316 e. The van der Waals surface area contributed by atoms with Gasteiger partial charge < -0.3 is 5.32 Å². The fourth-order valence-electron chi connectivity index (χ4n) is 4.14. The maximum atomic E-state index is 3.67. The van der Waals surface area contributed by atoms with Gasteiger partial charge in [-0.1, -0.05) is 40.0 Å². The zero-order valence-electron chi connectivity index (χ0n) is 14.1. The molecule has 0 spiro atoms. The molecule has 0 saturated heterocycles. The average molecular weight is 280 g/mol. The van der Waals surface area contributed by atoms with Crippen LogP contribution in [0.2, 0.25) is 0 Å². The van der Waals surface area contributed by atoms with Gasteiger partial charge in [0.25, 0.3) is 0 Å². The van der Waals surface area contributed by atoms with E-state index >= 15 is 0 Å². The Bertz CT molecular complexity index is 275. The van der Waals surface area contributed by atoms with E-state index in [4.69, 9.17) is 0 Å². The first-order valence-electron chi connectivity index (χ1n) is 9.14. The normalized spacial score (nSPS) is 30.9. The van der Waals surface area contributed by atoms with E-state index in [1.165, 1.54) is 71.0 Å². The molecule has 118 valence electrons. The summed E-state index contributed by atoms with van der Waals surface area (Å²) in [6.07, 6.45) is 11.4. The molecule has 2 aliphatic rings. The quantitative estimate of drug-likeness (QED) is 0.685. The summed E-state index contributed by atoms with van der Waals surface area (Å²) in [5.41, 5.74) is 0.560. The van der Waals surface area contributed by atoms with Crippen LogP contribution in [-0.4, -0.2) is 37.1 Å². The lowest BCUT2D eigenvalue weighted by Gasteiger charge is -2.44. The van der Waals surface area contributed by atoms with Crippen molar-refractivity contribution >= 4 is 0 Å². The monoisotopic (exact) mass is 280 g/mol. The molecule has 0 aromatic heterocycles. The van der Waals surface area contributed by atoms with E-state index in [1.54, 1.807) is 0 Å². The molecule has 0 radical (unpaired) electrons. The molecule has 0 bridgehead atoms. The fraction of sp³-hybridized carbons (Fsp3) is 1.00. The highest BCUT2D eigenvalue weighted by Gasteiger charge is 2.39. The van der Waals surface area contributed by atoms with Crippen LogP contribution in [0.25, 0.3) is 0 Å². The highest BCUT2D eigenvalue weighted by Crippen LogP contribution is 2.41. The Balaban J connectivity index is 1.96. The predicted molar refractivity (Wildman–Crippen MR) is 88.1 cm³/mol. The first kappa shape index (κ1) is 16.3. The summed E-state index contributed by atoms with van der Waals surface area (Å²) in [4.78, 5) is 2.85. The second-order valence-electron chi connectivity index (χ2n) is 7.54. The lowest BCUT2D eigenvalue weighted by molar-refractivity contribution is 0.0755. The van der Waals surface area contributed by atoms with Crippen LogP contribution in [0.1, 0.15) is 72.1 Å². The van der Waals surface area contributed by atoms with Crippen LogP contribution >= 0.6 is 0 Å². The van der Waals surface area contributed by atoms with Gasteiger partial charge in [-0.2, -0.15) is 0 Å². The second-order valence-corrected chi connectivity index (χ2v) is 7.54. The summed E-state index contributed by atoms with van der Waals surface area (Å²) < 4.78 is 0. The number of unbranched alkanes of at least 4 members (excludes halogenated alkanes) is 1. The molecule has 20 heavy (non-hydrogen) atoms. The van der Waals surface area contributed by atoms with E-state index in [0.717, 1.165) is 18.5 Å². The number of hydrogen-bond donors (Lipinski definition) is 1. The van der Waals surface area contributed by atoms with Gasteiger partial charge in [-0.25, -0.2) is 0 Å². The lowest BCUT2D eigenvalue weighted by atomic mass is 9.69. The van der Waals surface area contributed by atoms with Crippen molar-refractivity contribution in [3.63, 3.8) is 0 Å². The Labute approximate surface area is 126 Å². The van der Waals surface area contributed by atoms with Crippen LogP contribution in [0, 0.1) is 11.3 Å². The van der Waals surface area contributed by atoms with Crippen molar-refractivity contribution in [3.8, 4) is 0 Å². The fourth-order valence-corrected chi connectivity index (χ4v) is 4.14. The van der Waals surface area contributed by atoms with Gasteiger partial charge in [0.05, 0.1) is 0 Å². The van der Waals surface area contributed by atoms with Gasteiger partial charge >= 0.3 is 0 Å². The van der Waals surface area contributed by atoms with Crippen molar-refractivity contribution in [2.24, 2.45) is 11.3 Å². The summed E-state index contributed by atoms with van der Waals surface area (Å²) in [6, 6.07) is 0.928. The first-order chi connectivity index (χ1) is 9.69. The van der Waals surface area contributed by atoms with E-state index in [9.17, 15) is 0 Å². The smallest absolute Gasteiger partial charge is 0.00966 e. The molecule has 2 unspecified atom stereocenters. The third-order valence-electron chi connectivity index (χ3n) is 5.34. The molecule has 2 nitrogen and oxygen atoms in total. The van der Waals surface area contributed by atoms with Crippen LogP contribution in [0.15, 0.2) is 0 Å². The number of nitrogens with zero attached hydrogens (tertiary/aromatic N) is 1. The minimum Gasteiger partial charge on any atom is -0.316 e. The van der Waals surface area contributed by atoms with Crippen LogP contribution < -0.4 is 5.32 Å². The Morgan fingerprint density at radius 3 is 2.60 bits per heavy atom. The molecule has 0 aliphatic heterocycles. The van der Waals surface area contributed by atoms with Gasteiger partial charge in [0.2, 0.25) is 0 Å². The molecular weight excluding hydrogens is 244 g/mol. The van der Waals surface area contributed by atoms with Crippen LogP contribution in [0.4, 0.5) is 0 Å². The summed E-state index contributed by atoms with van der Waals surface area (Å²) in [5, 5.41) is 3.67. The van der Waals surface area contributed by atoms with Gasteiger partial charge in [0.15, 0.2) is 0 Å². The molecule has 0 aromatic rings. The molecule has 2 heteroatoms. The standard InChI is InChI=1S/C18H36N2/c1-4-6-12-20(17-9-10-17)15-18(14-19-5-2)11-7-8-16(3)13-18/h16-17,19H,4-15H2,1-3H3. The molecule has 2 rings (SSSR count). The Hall–Kier alpha value is -0.0800. The molecule has 0 heterocycles. The maximum absolute atomic E-state index is 3.67. The van der Waals surface area contributed by atoms with Crippen molar-refractivity contribution < 1.29 is 0 Å². The van der Waals surface area contributed by atoms with E-state index in [1.807, 2.05) is 0 Å². The molecule has 0 aromatic carbocycles. The highest BCUT2D eigenvalue weighted by molar-refractivity contribution is 4.94. The number of nitrogens with one attached hydrogen (secondary N) is 1. The van der Waals surface area contributed by atoms with E-state index in [2.05, 4.69) is 31.0 Å². The highest BCUT2D eigenvalue weighted by atomic mass is 15.2. The molecule has 2 saturated carbocycles. The zero-order valence-corrected chi connectivity index (χ0v) is 14.1. The van der Waals surface area contributed by atoms with Crippen molar-refractivity contribution in [2.75, 3.05) is 26.2 Å². The van der Waals surface area contributed by atoms with E-state index < -0.39 is 0 Å². The number of hydrogen-bond acceptors (Lipinski definition) is 2. The Kier molecular flexibility index (Phi) is 6.35. The molecule has 2 fully saturated rings. The van der Waals surface area contributed by atoms with Crippen molar-refractivity contribution in [2.45, 2.75) is 78.2 Å². The Morgan fingerprint density at radius 2 is 2.00 bits per heavy atom. The minimum atomic E-state index is 0.560. The zero-order chi connectivity index (χ0) is 14.4. The van der Waals surface area contributed by atoms with Crippen LogP contribution in [0.3, 0.4) is 0 Å².